The minimum absolute atomic E-state index is 0.305. The number of sulfone groups is 1. The SMILES string of the molecule is Cc1cc2ccc1c1c(S(C)(=O)=O)[c]ccc21. The van der Waals surface area contributed by atoms with Gasteiger partial charge in [-0.05, 0) is 28.6 Å². The maximum absolute atomic E-state index is 11.8. The van der Waals surface area contributed by atoms with Crippen molar-refractivity contribution >= 4 is 31.4 Å². The van der Waals surface area contributed by atoms with Crippen LogP contribution < -0.4 is 0 Å². The van der Waals surface area contributed by atoms with Gasteiger partial charge >= 0.3 is 0 Å². The molecule has 4 aromatic carbocycles. The van der Waals surface area contributed by atoms with Gasteiger partial charge in [-0.3, -0.25) is 0 Å². The standard InChI is InChI=1S/C14H11O2S/c1-9-8-10-6-7-11(9)14-12(10)4-3-5-13(14)17(2,15)16/h3-4,6-8H,1-2H3. The maximum Gasteiger partial charge on any atom is 0.176 e. The lowest BCUT2D eigenvalue weighted by Crippen LogP contribution is -2.00. The van der Waals surface area contributed by atoms with Gasteiger partial charge < -0.3 is 0 Å². The molecule has 0 heterocycles. The highest BCUT2D eigenvalue weighted by atomic mass is 32.2. The maximum atomic E-state index is 11.8. The van der Waals surface area contributed by atoms with Crippen molar-refractivity contribution in [3.63, 3.8) is 0 Å². The van der Waals surface area contributed by atoms with E-state index in [2.05, 4.69) is 12.1 Å². The number of fused-ring (bicyclic) bond motifs is 2. The molecule has 17 heavy (non-hydrogen) atoms. The summed E-state index contributed by atoms with van der Waals surface area (Å²) in [5, 5.41) is 3.87. The van der Waals surface area contributed by atoms with Crippen LogP contribution in [0, 0.1) is 13.0 Å². The lowest BCUT2D eigenvalue weighted by atomic mass is 9.95. The van der Waals surface area contributed by atoms with Gasteiger partial charge in [0.25, 0.3) is 0 Å². The van der Waals surface area contributed by atoms with Gasteiger partial charge in [-0.15, -0.1) is 0 Å². The molecule has 0 unspecified atom stereocenters. The van der Waals surface area contributed by atoms with Crippen molar-refractivity contribution in [2.75, 3.05) is 6.26 Å². The fourth-order valence-corrected chi connectivity index (χ4v) is 3.26. The number of hydrogen-bond donors (Lipinski definition) is 0. The molecule has 0 spiro atoms. The van der Waals surface area contributed by atoms with Crippen LogP contribution in [0.4, 0.5) is 0 Å². The molecule has 0 aliphatic carbocycles. The molecule has 0 aliphatic heterocycles. The number of benzene rings is 4. The van der Waals surface area contributed by atoms with Crippen LogP contribution in [-0.2, 0) is 9.84 Å². The summed E-state index contributed by atoms with van der Waals surface area (Å²) in [5.74, 6) is 0. The van der Waals surface area contributed by atoms with E-state index in [0.717, 1.165) is 27.1 Å². The number of rotatable bonds is 1. The second kappa shape index (κ2) is 3.20. The summed E-state index contributed by atoms with van der Waals surface area (Å²) in [5.41, 5.74) is 1.11. The van der Waals surface area contributed by atoms with E-state index in [1.165, 1.54) is 6.26 Å². The molecule has 0 atom stereocenters. The minimum Gasteiger partial charge on any atom is -0.224 e. The van der Waals surface area contributed by atoms with Gasteiger partial charge in [0.15, 0.2) is 9.84 Å². The van der Waals surface area contributed by atoms with Crippen molar-refractivity contribution in [3.8, 4) is 0 Å². The zero-order valence-electron chi connectivity index (χ0n) is 9.61. The zero-order chi connectivity index (χ0) is 12.2. The van der Waals surface area contributed by atoms with Crippen LogP contribution in [0.15, 0.2) is 35.2 Å². The molecule has 2 bridgehead atoms. The van der Waals surface area contributed by atoms with E-state index in [1.807, 2.05) is 25.1 Å². The number of aryl methyl sites for hydroxylation is 1. The molecule has 0 saturated heterocycles. The highest BCUT2D eigenvalue weighted by molar-refractivity contribution is 7.91. The summed E-state index contributed by atoms with van der Waals surface area (Å²) in [6.45, 7) is 2.00. The van der Waals surface area contributed by atoms with E-state index in [1.54, 1.807) is 6.07 Å². The fraction of sp³-hybridized carbons (Fsp3) is 0.143. The van der Waals surface area contributed by atoms with Crippen LogP contribution in [0.25, 0.3) is 21.5 Å². The summed E-state index contributed by atoms with van der Waals surface area (Å²) in [6, 6.07) is 12.6. The Hall–Kier alpha value is -1.61. The molecular formula is C14H11O2S. The average Bonchev–Trinajstić information content (AvgIpc) is 2.28. The van der Waals surface area contributed by atoms with Gasteiger partial charge in [-0.2, -0.15) is 0 Å². The highest BCUT2D eigenvalue weighted by Gasteiger charge is 2.16. The Morgan fingerprint density at radius 1 is 1.12 bits per heavy atom. The lowest BCUT2D eigenvalue weighted by molar-refractivity contribution is 0.602. The van der Waals surface area contributed by atoms with Gasteiger partial charge in [-0.1, -0.05) is 30.3 Å². The third-order valence-electron chi connectivity index (χ3n) is 3.14. The summed E-state index contributed by atoms with van der Waals surface area (Å²) < 4.78 is 23.6. The van der Waals surface area contributed by atoms with Crippen LogP contribution in [0.5, 0.6) is 0 Å². The molecule has 85 valence electrons. The summed E-state index contributed by atoms with van der Waals surface area (Å²) in [7, 11) is -3.24. The van der Waals surface area contributed by atoms with Crippen LogP contribution >= 0.6 is 0 Å². The second-order valence-corrected chi connectivity index (χ2v) is 6.35. The van der Waals surface area contributed by atoms with E-state index in [0.29, 0.717) is 4.90 Å². The molecule has 2 nitrogen and oxygen atoms in total. The molecule has 1 radical (unpaired) electrons. The van der Waals surface area contributed by atoms with E-state index >= 15 is 0 Å². The Morgan fingerprint density at radius 2 is 1.88 bits per heavy atom. The van der Waals surface area contributed by atoms with Crippen molar-refractivity contribution in [2.45, 2.75) is 11.8 Å². The molecule has 0 aromatic heterocycles. The summed E-state index contributed by atoms with van der Waals surface area (Å²) in [4.78, 5) is 0.305. The Morgan fingerprint density at radius 3 is 2.53 bits per heavy atom. The molecule has 0 amide bonds. The first-order chi connectivity index (χ1) is 7.98. The van der Waals surface area contributed by atoms with Gasteiger partial charge in [0.05, 0.1) is 4.90 Å². The van der Waals surface area contributed by atoms with Gasteiger partial charge in [0, 0.05) is 17.7 Å². The topological polar surface area (TPSA) is 34.1 Å². The van der Waals surface area contributed by atoms with Crippen molar-refractivity contribution in [1.82, 2.24) is 0 Å². The van der Waals surface area contributed by atoms with E-state index in [4.69, 9.17) is 0 Å². The quantitative estimate of drug-likeness (QED) is 0.658. The smallest absolute Gasteiger partial charge is 0.176 e. The Balaban J connectivity index is 2.66. The van der Waals surface area contributed by atoms with Gasteiger partial charge in [0.1, 0.15) is 0 Å². The first-order valence-corrected chi connectivity index (χ1v) is 7.24. The zero-order valence-corrected chi connectivity index (χ0v) is 10.4. The van der Waals surface area contributed by atoms with Gasteiger partial charge in [0.2, 0.25) is 0 Å². The fourth-order valence-electron chi connectivity index (χ4n) is 2.39. The van der Waals surface area contributed by atoms with Crippen molar-refractivity contribution in [1.29, 1.82) is 0 Å². The first kappa shape index (κ1) is 10.5. The Kier molecular flexibility index (Phi) is 1.98. The first-order valence-electron chi connectivity index (χ1n) is 5.34. The predicted octanol–water partition coefficient (Wildman–Crippen LogP) is 2.94. The second-order valence-electron chi connectivity index (χ2n) is 4.40. The van der Waals surface area contributed by atoms with Crippen molar-refractivity contribution < 1.29 is 8.42 Å². The Bertz CT molecular complexity index is 817. The number of hydrogen-bond acceptors (Lipinski definition) is 2. The Labute approximate surface area is 100 Å². The average molecular weight is 243 g/mol. The third-order valence-corrected chi connectivity index (χ3v) is 4.20. The van der Waals surface area contributed by atoms with Gasteiger partial charge in [-0.25, -0.2) is 8.42 Å². The summed E-state index contributed by atoms with van der Waals surface area (Å²) >= 11 is 0. The lowest BCUT2D eigenvalue weighted by Gasteiger charge is -2.12. The van der Waals surface area contributed by atoms with Crippen LogP contribution in [-0.4, -0.2) is 14.7 Å². The monoisotopic (exact) mass is 243 g/mol. The van der Waals surface area contributed by atoms with Crippen molar-refractivity contribution in [3.05, 3.63) is 42.0 Å². The van der Waals surface area contributed by atoms with E-state index in [9.17, 15) is 8.42 Å². The van der Waals surface area contributed by atoms with Crippen molar-refractivity contribution in [2.24, 2.45) is 0 Å². The molecule has 4 rings (SSSR count). The molecular weight excluding hydrogens is 232 g/mol. The normalized spacial score (nSPS) is 12.6. The molecule has 0 N–H and O–H groups in total. The highest BCUT2D eigenvalue weighted by Crippen LogP contribution is 2.34. The van der Waals surface area contributed by atoms with Crippen LogP contribution in [0.1, 0.15) is 5.56 Å². The van der Waals surface area contributed by atoms with E-state index in [-0.39, 0.29) is 0 Å². The molecule has 4 aromatic rings. The minimum atomic E-state index is -3.24. The molecule has 0 fully saturated rings. The predicted molar refractivity (Wildman–Crippen MR) is 69.3 cm³/mol. The largest absolute Gasteiger partial charge is 0.224 e. The van der Waals surface area contributed by atoms with Crippen LogP contribution in [0.3, 0.4) is 0 Å². The van der Waals surface area contributed by atoms with Crippen LogP contribution in [0.2, 0.25) is 0 Å². The molecule has 0 saturated carbocycles. The van der Waals surface area contributed by atoms with E-state index < -0.39 is 9.84 Å². The summed E-state index contributed by atoms with van der Waals surface area (Å²) in [6.07, 6.45) is 1.23. The third kappa shape index (κ3) is 1.42. The molecule has 3 heteroatoms. The molecule has 0 aliphatic rings.